The Kier molecular flexibility index (Phi) is 7.30. The summed E-state index contributed by atoms with van der Waals surface area (Å²) in [6.45, 7) is 2.22. The summed E-state index contributed by atoms with van der Waals surface area (Å²) in [7, 11) is 5.14. The lowest BCUT2D eigenvalue weighted by molar-refractivity contribution is -0.130. The lowest BCUT2D eigenvalue weighted by atomic mass is 10.2. The summed E-state index contributed by atoms with van der Waals surface area (Å²) in [6, 6.07) is 5.50. The Bertz CT molecular complexity index is 453. The number of carbonyl (C=O) groups is 1. The quantitative estimate of drug-likeness (QED) is 0.774. The van der Waals surface area contributed by atoms with Crippen LogP contribution in [0.15, 0.2) is 18.2 Å². The summed E-state index contributed by atoms with van der Waals surface area (Å²) < 4.78 is 5.08. The van der Waals surface area contributed by atoms with E-state index < -0.39 is 0 Å². The molecule has 0 saturated carbocycles. The minimum absolute atomic E-state index is 0.0566. The summed E-state index contributed by atoms with van der Waals surface area (Å²) in [5, 5.41) is 1.05. The second-order valence-corrected chi connectivity index (χ2v) is 5.55. The van der Waals surface area contributed by atoms with E-state index >= 15 is 0 Å². The molecule has 1 amide bonds. The maximum atomic E-state index is 11.8. The first-order valence-electron chi connectivity index (χ1n) is 6.29. The number of benzene rings is 1. The van der Waals surface area contributed by atoms with Crippen LogP contribution in [0.1, 0.15) is 5.56 Å². The normalized spacial score (nSPS) is 10.9. The van der Waals surface area contributed by atoms with Crippen molar-refractivity contribution >= 4 is 29.1 Å². The molecule has 20 heavy (non-hydrogen) atoms. The number of halogens is 2. The fourth-order valence-corrected chi connectivity index (χ4v) is 1.98. The molecule has 6 heteroatoms. The van der Waals surface area contributed by atoms with Gasteiger partial charge in [0.05, 0.1) is 23.2 Å². The van der Waals surface area contributed by atoms with Crippen molar-refractivity contribution in [3.63, 3.8) is 0 Å². The Labute approximate surface area is 130 Å². The standard InChI is InChI=1S/C14H20Cl2N2O2/c1-17(2)14(19)10-18(6-7-20-3)9-11-4-5-12(15)13(16)8-11/h4-5,8H,6-7,9-10H2,1-3H3. The molecule has 4 nitrogen and oxygen atoms in total. The lowest BCUT2D eigenvalue weighted by Gasteiger charge is -2.23. The second-order valence-electron chi connectivity index (χ2n) is 4.74. The van der Waals surface area contributed by atoms with E-state index in [1.54, 1.807) is 32.2 Å². The smallest absolute Gasteiger partial charge is 0.236 e. The van der Waals surface area contributed by atoms with Crippen LogP contribution in [0.3, 0.4) is 0 Å². The molecule has 0 fully saturated rings. The Morgan fingerprint density at radius 1 is 1.25 bits per heavy atom. The highest BCUT2D eigenvalue weighted by atomic mass is 35.5. The number of hydrogen-bond donors (Lipinski definition) is 0. The third kappa shape index (κ3) is 5.67. The number of amides is 1. The van der Waals surface area contributed by atoms with Crippen molar-refractivity contribution in [2.75, 3.05) is 40.9 Å². The first-order chi connectivity index (χ1) is 9.43. The summed E-state index contributed by atoms with van der Waals surface area (Å²) in [4.78, 5) is 15.4. The molecular formula is C14H20Cl2N2O2. The van der Waals surface area contributed by atoms with Gasteiger partial charge in [-0.05, 0) is 17.7 Å². The van der Waals surface area contributed by atoms with Gasteiger partial charge in [0.1, 0.15) is 0 Å². The topological polar surface area (TPSA) is 32.8 Å². The highest BCUT2D eigenvalue weighted by Gasteiger charge is 2.13. The highest BCUT2D eigenvalue weighted by Crippen LogP contribution is 2.23. The molecule has 0 atom stereocenters. The molecule has 0 aromatic heterocycles. The molecular weight excluding hydrogens is 299 g/mol. The Hall–Kier alpha value is -0.810. The van der Waals surface area contributed by atoms with Crippen LogP contribution in [0.2, 0.25) is 10.0 Å². The van der Waals surface area contributed by atoms with Crippen LogP contribution in [0.25, 0.3) is 0 Å². The summed E-state index contributed by atoms with van der Waals surface area (Å²) >= 11 is 11.9. The van der Waals surface area contributed by atoms with Crippen LogP contribution < -0.4 is 0 Å². The SMILES string of the molecule is COCCN(CC(=O)N(C)C)Cc1ccc(Cl)c(Cl)c1. The van der Waals surface area contributed by atoms with Gasteiger partial charge in [-0.1, -0.05) is 29.3 Å². The molecule has 0 spiro atoms. The van der Waals surface area contributed by atoms with Crippen molar-refractivity contribution in [3.8, 4) is 0 Å². The van der Waals surface area contributed by atoms with Crippen LogP contribution in [-0.2, 0) is 16.1 Å². The molecule has 0 radical (unpaired) electrons. The average Bonchev–Trinajstić information content (AvgIpc) is 2.40. The van der Waals surface area contributed by atoms with Gasteiger partial charge in [-0.25, -0.2) is 0 Å². The van der Waals surface area contributed by atoms with Gasteiger partial charge in [0.25, 0.3) is 0 Å². The van der Waals surface area contributed by atoms with E-state index in [4.69, 9.17) is 27.9 Å². The minimum atomic E-state index is 0.0566. The fraction of sp³-hybridized carbons (Fsp3) is 0.500. The van der Waals surface area contributed by atoms with Gasteiger partial charge in [0.15, 0.2) is 0 Å². The van der Waals surface area contributed by atoms with E-state index in [9.17, 15) is 4.79 Å². The molecule has 1 rings (SSSR count). The average molecular weight is 319 g/mol. The summed E-state index contributed by atoms with van der Waals surface area (Å²) in [5.74, 6) is 0.0566. The van der Waals surface area contributed by atoms with E-state index in [0.717, 1.165) is 5.56 Å². The van der Waals surface area contributed by atoms with Crippen LogP contribution in [-0.4, -0.2) is 56.6 Å². The van der Waals surface area contributed by atoms with Gasteiger partial charge in [-0.15, -0.1) is 0 Å². The van der Waals surface area contributed by atoms with Gasteiger partial charge in [-0.2, -0.15) is 0 Å². The van der Waals surface area contributed by atoms with Crippen molar-refractivity contribution in [2.45, 2.75) is 6.54 Å². The van der Waals surface area contributed by atoms with Crippen LogP contribution in [0.5, 0.6) is 0 Å². The molecule has 112 valence electrons. The Morgan fingerprint density at radius 3 is 2.50 bits per heavy atom. The third-order valence-corrected chi connectivity index (χ3v) is 3.60. The summed E-state index contributed by atoms with van der Waals surface area (Å²) in [5.41, 5.74) is 1.02. The number of likely N-dealkylation sites (N-methyl/N-ethyl adjacent to an activating group) is 1. The van der Waals surface area contributed by atoms with Crippen molar-refractivity contribution in [1.29, 1.82) is 0 Å². The van der Waals surface area contributed by atoms with E-state index in [0.29, 0.717) is 36.3 Å². The molecule has 0 bridgehead atoms. The second kappa shape index (κ2) is 8.47. The zero-order valence-electron chi connectivity index (χ0n) is 12.0. The van der Waals surface area contributed by atoms with Crippen LogP contribution in [0.4, 0.5) is 0 Å². The number of hydrogen-bond acceptors (Lipinski definition) is 3. The van der Waals surface area contributed by atoms with E-state index in [1.165, 1.54) is 0 Å². The van der Waals surface area contributed by atoms with Gasteiger partial charge < -0.3 is 9.64 Å². The number of nitrogens with zero attached hydrogens (tertiary/aromatic N) is 2. The zero-order valence-corrected chi connectivity index (χ0v) is 13.5. The van der Waals surface area contributed by atoms with Crippen LogP contribution >= 0.6 is 23.2 Å². The molecule has 0 heterocycles. The van der Waals surface area contributed by atoms with Crippen molar-refractivity contribution in [3.05, 3.63) is 33.8 Å². The maximum absolute atomic E-state index is 11.8. The van der Waals surface area contributed by atoms with E-state index in [-0.39, 0.29) is 5.91 Å². The first-order valence-corrected chi connectivity index (χ1v) is 7.05. The third-order valence-electron chi connectivity index (χ3n) is 2.86. The Morgan fingerprint density at radius 2 is 1.95 bits per heavy atom. The highest BCUT2D eigenvalue weighted by molar-refractivity contribution is 6.42. The Balaban J connectivity index is 2.72. The van der Waals surface area contributed by atoms with Gasteiger partial charge in [0.2, 0.25) is 5.91 Å². The molecule has 0 aliphatic carbocycles. The van der Waals surface area contributed by atoms with Crippen LogP contribution in [0, 0.1) is 0 Å². The largest absolute Gasteiger partial charge is 0.383 e. The molecule has 1 aromatic rings. The monoisotopic (exact) mass is 318 g/mol. The van der Waals surface area contributed by atoms with Gasteiger partial charge in [-0.3, -0.25) is 9.69 Å². The fourth-order valence-electron chi connectivity index (χ4n) is 1.66. The maximum Gasteiger partial charge on any atom is 0.236 e. The van der Waals surface area contributed by atoms with Crippen molar-refractivity contribution in [2.24, 2.45) is 0 Å². The first kappa shape index (κ1) is 17.2. The predicted octanol–water partition coefficient (Wildman–Crippen LogP) is 2.53. The number of ether oxygens (including phenoxy) is 1. The molecule has 0 aliphatic rings. The molecule has 0 saturated heterocycles. The van der Waals surface area contributed by atoms with Gasteiger partial charge in [0, 0.05) is 34.3 Å². The molecule has 1 aromatic carbocycles. The number of carbonyl (C=O) groups excluding carboxylic acids is 1. The van der Waals surface area contributed by atoms with Gasteiger partial charge >= 0.3 is 0 Å². The number of rotatable bonds is 7. The molecule has 0 unspecified atom stereocenters. The van der Waals surface area contributed by atoms with E-state index in [1.807, 2.05) is 17.0 Å². The molecule has 0 N–H and O–H groups in total. The van der Waals surface area contributed by atoms with Crippen molar-refractivity contribution in [1.82, 2.24) is 9.80 Å². The predicted molar refractivity (Wildman–Crippen MR) is 82.3 cm³/mol. The number of methoxy groups -OCH3 is 1. The minimum Gasteiger partial charge on any atom is -0.383 e. The van der Waals surface area contributed by atoms with E-state index in [2.05, 4.69) is 0 Å². The lowest BCUT2D eigenvalue weighted by Crippen LogP contribution is -2.37. The summed E-state index contributed by atoms with van der Waals surface area (Å²) in [6.07, 6.45) is 0. The molecule has 0 aliphatic heterocycles. The van der Waals surface area contributed by atoms with Crippen molar-refractivity contribution < 1.29 is 9.53 Å². The zero-order chi connectivity index (χ0) is 15.1.